The monoisotopic (exact) mass is 282 g/mol. The van der Waals surface area contributed by atoms with Crippen molar-refractivity contribution >= 4 is 0 Å². The number of nitrogens with one attached hydrogen (secondary N) is 2. The van der Waals surface area contributed by atoms with E-state index in [1.165, 1.54) is 5.56 Å². The first-order valence-electron chi connectivity index (χ1n) is 6.88. The van der Waals surface area contributed by atoms with Crippen LogP contribution >= 0.6 is 0 Å². The molecule has 0 fully saturated rings. The van der Waals surface area contributed by atoms with Gasteiger partial charge in [0.15, 0.2) is 0 Å². The zero-order valence-corrected chi connectivity index (χ0v) is 12.2. The lowest BCUT2D eigenvalue weighted by atomic mass is 10.2. The van der Waals surface area contributed by atoms with Crippen LogP contribution in [0.15, 0.2) is 37.1 Å². The average molecular weight is 282 g/mol. The fraction of sp³-hybridized carbons (Fsp3) is 0.267. The highest BCUT2D eigenvalue weighted by Crippen LogP contribution is 2.09. The summed E-state index contributed by atoms with van der Waals surface area (Å²) < 4.78 is 1.88. The van der Waals surface area contributed by atoms with Gasteiger partial charge < -0.3 is 5.32 Å². The van der Waals surface area contributed by atoms with Crippen molar-refractivity contribution in [1.82, 2.24) is 30.0 Å². The number of H-pyrrole nitrogens is 1. The summed E-state index contributed by atoms with van der Waals surface area (Å²) in [6.07, 6.45) is 7.25. The van der Waals surface area contributed by atoms with Crippen LogP contribution in [-0.2, 0) is 13.1 Å². The predicted molar refractivity (Wildman–Crippen MR) is 80.0 cm³/mol. The van der Waals surface area contributed by atoms with E-state index in [0.29, 0.717) is 0 Å². The van der Waals surface area contributed by atoms with Gasteiger partial charge in [0.25, 0.3) is 0 Å². The van der Waals surface area contributed by atoms with Crippen molar-refractivity contribution in [3.05, 3.63) is 59.6 Å². The molecule has 0 spiro atoms. The normalized spacial score (nSPS) is 11.0. The second-order valence-corrected chi connectivity index (χ2v) is 5.01. The topological polar surface area (TPSA) is 71.4 Å². The summed E-state index contributed by atoms with van der Waals surface area (Å²) in [4.78, 5) is 8.45. The minimum Gasteiger partial charge on any atom is -0.308 e. The number of nitrogens with zero attached hydrogens (tertiary/aromatic N) is 4. The first kappa shape index (κ1) is 13.5. The summed E-state index contributed by atoms with van der Waals surface area (Å²) in [6, 6.07) is 4.07. The standard InChI is InChI=1S/C15H18N6/c1-11-14(12(2)20-19-11)9-17-7-13-3-4-15(18-8-13)21-6-5-16-10-21/h3-6,8,10,17H,7,9H2,1-2H3,(H,19,20). The Hall–Kier alpha value is -2.47. The summed E-state index contributed by atoms with van der Waals surface area (Å²) in [7, 11) is 0. The van der Waals surface area contributed by atoms with E-state index in [1.54, 1.807) is 12.5 Å². The van der Waals surface area contributed by atoms with E-state index in [1.807, 2.05) is 36.9 Å². The molecule has 6 nitrogen and oxygen atoms in total. The lowest BCUT2D eigenvalue weighted by molar-refractivity contribution is 0.686. The lowest BCUT2D eigenvalue weighted by Crippen LogP contribution is -2.14. The maximum atomic E-state index is 4.44. The van der Waals surface area contributed by atoms with E-state index >= 15 is 0 Å². The first-order valence-corrected chi connectivity index (χ1v) is 6.88. The Balaban J connectivity index is 1.59. The fourth-order valence-corrected chi connectivity index (χ4v) is 2.23. The van der Waals surface area contributed by atoms with Crippen LogP contribution in [-0.4, -0.2) is 24.7 Å². The molecule has 3 heterocycles. The van der Waals surface area contributed by atoms with Crippen LogP contribution in [0.1, 0.15) is 22.5 Å². The van der Waals surface area contributed by atoms with Gasteiger partial charge in [0, 0.05) is 42.9 Å². The van der Waals surface area contributed by atoms with Crippen molar-refractivity contribution in [2.75, 3.05) is 0 Å². The number of aromatic nitrogens is 5. The maximum absolute atomic E-state index is 4.44. The summed E-state index contributed by atoms with van der Waals surface area (Å²) in [6.45, 7) is 5.64. The molecule has 0 radical (unpaired) electrons. The Bertz CT molecular complexity index is 677. The average Bonchev–Trinajstić information content (AvgIpc) is 3.13. The molecule has 0 saturated heterocycles. The first-order chi connectivity index (χ1) is 10.2. The van der Waals surface area contributed by atoms with Crippen LogP contribution in [0.4, 0.5) is 0 Å². The number of aryl methyl sites for hydroxylation is 2. The Morgan fingerprint density at radius 3 is 2.76 bits per heavy atom. The Morgan fingerprint density at radius 1 is 1.24 bits per heavy atom. The molecule has 3 aromatic rings. The molecule has 2 N–H and O–H groups in total. The van der Waals surface area contributed by atoms with E-state index < -0.39 is 0 Å². The molecule has 0 aliphatic carbocycles. The Labute approximate surface area is 123 Å². The molecule has 0 unspecified atom stereocenters. The zero-order valence-electron chi connectivity index (χ0n) is 12.2. The van der Waals surface area contributed by atoms with Gasteiger partial charge in [0.2, 0.25) is 0 Å². The van der Waals surface area contributed by atoms with Crippen LogP contribution in [0.5, 0.6) is 0 Å². The van der Waals surface area contributed by atoms with Crippen LogP contribution in [0, 0.1) is 13.8 Å². The number of hydrogen-bond acceptors (Lipinski definition) is 4. The minimum atomic E-state index is 0.779. The highest BCUT2D eigenvalue weighted by Gasteiger charge is 2.05. The second kappa shape index (κ2) is 5.88. The van der Waals surface area contributed by atoms with Crippen molar-refractivity contribution in [2.45, 2.75) is 26.9 Å². The van der Waals surface area contributed by atoms with Gasteiger partial charge in [-0.3, -0.25) is 9.67 Å². The summed E-state index contributed by atoms with van der Waals surface area (Å²) in [5.41, 5.74) is 4.55. The number of imidazole rings is 1. The highest BCUT2D eigenvalue weighted by molar-refractivity contribution is 5.26. The fourth-order valence-electron chi connectivity index (χ4n) is 2.23. The minimum absolute atomic E-state index is 0.779. The highest BCUT2D eigenvalue weighted by atomic mass is 15.1. The van der Waals surface area contributed by atoms with E-state index in [4.69, 9.17) is 0 Å². The van der Waals surface area contributed by atoms with Crippen LogP contribution in [0.2, 0.25) is 0 Å². The summed E-state index contributed by atoms with van der Waals surface area (Å²) >= 11 is 0. The Kier molecular flexibility index (Phi) is 3.79. The number of hydrogen-bond donors (Lipinski definition) is 2. The number of aromatic amines is 1. The second-order valence-electron chi connectivity index (χ2n) is 5.01. The molecule has 0 saturated carbocycles. The summed E-state index contributed by atoms with van der Waals surface area (Å²) in [5.74, 6) is 0.873. The number of pyridine rings is 1. The van der Waals surface area contributed by atoms with Gasteiger partial charge in [-0.05, 0) is 25.5 Å². The third kappa shape index (κ3) is 3.00. The SMILES string of the molecule is Cc1n[nH]c(C)c1CNCc1ccc(-n2ccnc2)nc1. The zero-order chi connectivity index (χ0) is 14.7. The maximum Gasteiger partial charge on any atom is 0.137 e. The molecule has 6 heteroatoms. The molecule has 0 bridgehead atoms. The molecule has 3 rings (SSSR count). The van der Waals surface area contributed by atoms with Gasteiger partial charge >= 0.3 is 0 Å². The Morgan fingerprint density at radius 2 is 2.14 bits per heavy atom. The van der Waals surface area contributed by atoms with E-state index in [0.717, 1.165) is 35.9 Å². The van der Waals surface area contributed by atoms with E-state index in [-0.39, 0.29) is 0 Å². The molecular weight excluding hydrogens is 264 g/mol. The molecule has 0 amide bonds. The van der Waals surface area contributed by atoms with Crippen molar-refractivity contribution in [3.63, 3.8) is 0 Å². The molecule has 0 aliphatic heterocycles. The van der Waals surface area contributed by atoms with Crippen molar-refractivity contribution in [2.24, 2.45) is 0 Å². The molecular formula is C15H18N6. The van der Waals surface area contributed by atoms with Crippen molar-refractivity contribution < 1.29 is 0 Å². The van der Waals surface area contributed by atoms with Crippen molar-refractivity contribution in [3.8, 4) is 5.82 Å². The van der Waals surface area contributed by atoms with E-state index in [9.17, 15) is 0 Å². The van der Waals surface area contributed by atoms with Crippen LogP contribution < -0.4 is 5.32 Å². The third-order valence-electron chi connectivity index (χ3n) is 3.49. The van der Waals surface area contributed by atoms with Crippen LogP contribution in [0.3, 0.4) is 0 Å². The summed E-state index contributed by atoms with van der Waals surface area (Å²) in [5, 5.41) is 10.6. The quantitative estimate of drug-likeness (QED) is 0.749. The van der Waals surface area contributed by atoms with Gasteiger partial charge in [-0.15, -0.1) is 0 Å². The van der Waals surface area contributed by atoms with Crippen molar-refractivity contribution in [1.29, 1.82) is 0 Å². The third-order valence-corrected chi connectivity index (χ3v) is 3.49. The van der Waals surface area contributed by atoms with Gasteiger partial charge in [-0.25, -0.2) is 9.97 Å². The number of rotatable bonds is 5. The van der Waals surface area contributed by atoms with Gasteiger partial charge in [-0.2, -0.15) is 5.10 Å². The molecule has 0 aliphatic rings. The smallest absolute Gasteiger partial charge is 0.137 e. The molecule has 3 aromatic heterocycles. The van der Waals surface area contributed by atoms with Gasteiger partial charge in [0.05, 0.1) is 5.69 Å². The predicted octanol–water partition coefficient (Wildman–Crippen LogP) is 1.90. The van der Waals surface area contributed by atoms with E-state index in [2.05, 4.69) is 31.5 Å². The molecule has 108 valence electrons. The van der Waals surface area contributed by atoms with Gasteiger partial charge in [-0.1, -0.05) is 6.07 Å². The lowest BCUT2D eigenvalue weighted by Gasteiger charge is -2.06. The molecule has 21 heavy (non-hydrogen) atoms. The molecule has 0 aromatic carbocycles. The van der Waals surface area contributed by atoms with Gasteiger partial charge in [0.1, 0.15) is 12.1 Å². The largest absolute Gasteiger partial charge is 0.308 e. The van der Waals surface area contributed by atoms with Crippen LogP contribution in [0.25, 0.3) is 5.82 Å². The molecule has 0 atom stereocenters.